The zero-order chi connectivity index (χ0) is 3.70. The Kier molecular flexibility index (Phi) is 0.692. The maximum atomic E-state index is 2.18. The van der Waals surface area contributed by atoms with Crippen molar-refractivity contribution in [3.63, 3.8) is 0 Å². The molecule has 0 spiro atoms. The van der Waals surface area contributed by atoms with Gasteiger partial charge in [-0.25, -0.2) is 0 Å². The van der Waals surface area contributed by atoms with Crippen molar-refractivity contribution >= 4 is 11.8 Å². The summed E-state index contributed by atoms with van der Waals surface area (Å²) in [6.07, 6.45) is 1.24. The molecule has 1 heteroatoms. The van der Waals surface area contributed by atoms with Crippen molar-refractivity contribution in [3.05, 3.63) is 10.3 Å². The van der Waals surface area contributed by atoms with Crippen molar-refractivity contribution in [1.29, 1.82) is 0 Å². The van der Waals surface area contributed by atoms with Crippen LogP contribution >= 0.6 is 11.8 Å². The summed E-state index contributed by atoms with van der Waals surface area (Å²) >= 11 is 1.86. The molecule has 5 heavy (non-hydrogen) atoms. The molecule has 0 atom stereocenters. The number of thioether (sulfide) groups is 1. The van der Waals surface area contributed by atoms with E-state index in [1.807, 2.05) is 11.8 Å². The predicted octanol–water partition coefficient (Wildman–Crippen LogP) is 1.98. The van der Waals surface area contributed by atoms with Gasteiger partial charge in [-0.15, -0.1) is 11.8 Å². The van der Waals surface area contributed by atoms with Crippen LogP contribution in [0.1, 0.15) is 13.3 Å². The highest BCUT2D eigenvalue weighted by molar-refractivity contribution is 8.12. The van der Waals surface area contributed by atoms with Crippen LogP contribution in [0, 0.1) is 0 Å². The minimum Gasteiger partial charge on any atom is -0.101 e. The van der Waals surface area contributed by atoms with Gasteiger partial charge in [0, 0.05) is 0 Å². The molecule has 0 nitrogen and oxygen atoms in total. The molecular weight excluding hydrogens is 80.1 g/mol. The first-order chi connectivity index (χ1) is 2.43. The molecule has 0 saturated carbocycles. The lowest BCUT2D eigenvalue weighted by Gasteiger charge is -1.65. The van der Waals surface area contributed by atoms with Gasteiger partial charge in [0.05, 0.1) is 0 Å². The van der Waals surface area contributed by atoms with Gasteiger partial charge in [-0.2, -0.15) is 0 Å². The van der Waals surface area contributed by atoms with Gasteiger partial charge < -0.3 is 0 Å². The Bertz CT molecular complexity index is 64.0. The van der Waals surface area contributed by atoms with Crippen molar-refractivity contribution in [2.45, 2.75) is 13.3 Å². The Balaban J connectivity index is 2.22. The van der Waals surface area contributed by atoms with E-state index in [1.54, 1.807) is 4.91 Å². The molecule has 1 aliphatic rings. The standard InChI is InChI=1S/C4H6S/c1-2-4-3-5-4/h3H,2H2,1H3. The third kappa shape index (κ3) is 0.690. The van der Waals surface area contributed by atoms with Gasteiger partial charge in [-0.05, 0) is 16.7 Å². The van der Waals surface area contributed by atoms with Crippen molar-refractivity contribution in [2.24, 2.45) is 0 Å². The second kappa shape index (κ2) is 1.05. The van der Waals surface area contributed by atoms with Gasteiger partial charge in [0.25, 0.3) is 0 Å². The largest absolute Gasteiger partial charge is 0.101 e. The summed E-state index contributed by atoms with van der Waals surface area (Å²) in [5, 5.41) is 2.18. The monoisotopic (exact) mass is 86.0 g/mol. The van der Waals surface area contributed by atoms with E-state index in [4.69, 9.17) is 0 Å². The Morgan fingerprint density at radius 2 is 2.60 bits per heavy atom. The fourth-order valence-corrected chi connectivity index (χ4v) is 0.625. The van der Waals surface area contributed by atoms with Crippen LogP contribution in [0.3, 0.4) is 0 Å². The average molecular weight is 86.2 g/mol. The summed E-state index contributed by atoms with van der Waals surface area (Å²) in [6.45, 7) is 2.17. The van der Waals surface area contributed by atoms with Gasteiger partial charge in [-0.3, -0.25) is 0 Å². The molecule has 1 heterocycles. The maximum Gasteiger partial charge on any atom is -0.00444 e. The zero-order valence-electron chi connectivity index (χ0n) is 3.19. The van der Waals surface area contributed by atoms with E-state index < -0.39 is 0 Å². The smallest absolute Gasteiger partial charge is 0.00444 e. The van der Waals surface area contributed by atoms with Gasteiger partial charge in [0.1, 0.15) is 0 Å². The molecule has 0 aromatic carbocycles. The molecule has 0 bridgehead atoms. The van der Waals surface area contributed by atoms with E-state index in [-0.39, 0.29) is 0 Å². The molecule has 0 unspecified atom stereocenters. The molecule has 0 amide bonds. The Morgan fingerprint density at radius 1 is 2.00 bits per heavy atom. The normalized spacial score (nSPS) is 18.2. The topological polar surface area (TPSA) is 0 Å². The van der Waals surface area contributed by atoms with Crippen LogP contribution in [0.25, 0.3) is 0 Å². The fourth-order valence-electron chi connectivity index (χ4n) is 0.208. The van der Waals surface area contributed by atoms with E-state index >= 15 is 0 Å². The van der Waals surface area contributed by atoms with Gasteiger partial charge >= 0.3 is 0 Å². The molecule has 0 N–H and O–H groups in total. The van der Waals surface area contributed by atoms with Gasteiger partial charge in [0.15, 0.2) is 0 Å². The minimum absolute atomic E-state index is 1.24. The molecule has 0 aromatic heterocycles. The molecule has 1 rings (SSSR count). The Hall–Kier alpha value is 0.0900. The van der Waals surface area contributed by atoms with E-state index in [0.29, 0.717) is 0 Å². The van der Waals surface area contributed by atoms with E-state index in [0.717, 1.165) is 0 Å². The molecule has 0 aliphatic carbocycles. The van der Waals surface area contributed by atoms with Crippen LogP contribution < -0.4 is 0 Å². The second-order valence-electron chi connectivity index (χ2n) is 1.06. The van der Waals surface area contributed by atoms with Crippen LogP contribution in [0.5, 0.6) is 0 Å². The third-order valence-corrected chi connectivity index (χ3v) is 1.49. The van der Waals surface area contributed by atoms with E-state index in [2.05, 4.69) is 12.3 Å². The lowest BCUT2D eigenvalue weighted by Crippen LogP contribution is -1.43. The first-order valence-corrected chi connectivity index (χ1v) is 2.67. The van der Waals surface area contributed by atoms with Crippen molar-refractivity contribution < 1.29 is 0 Å². The fraction of sp³-hybridized carbons (Fsp3) is 0.500. The summed E-state index contributed by atoms with van der Waals surface area (Å²) in [5.41, 5.74) is 0. The van der Waals surface area contributed by atoms with Crippen LogP contribution in [0.2, 0.25) is 0 Å². The SMILES string of the molecule is CCC1=CS1. The van der Waals surface area contributed by atoms with Crippen LogP contribution in [0.4, 0.5) is 0 Å². The highest BCUT2D eigenvalue weighted by atomic mass is 32.2. The second-order valence-corrected chi connectivity index (χ2v) is 2.05. The Morgan fingerprint density at radius 3 is 2.60 bits per heavy atom. The first-order valence-electron chi connectivity index (χ1n) is 1.79. The number of hydrogen-bond donors (Lipinski definition) is 0. The van der Waals surface area contributed by atoms with E-state index in [9.17, 15) is 0 Å². The summed E-state index contributed by atoms with van der Waals surface area (Å²) < 4.78 is 0. The number of allylic oxidation sites excluding steroid dienone is 1. The quantitative estimate of drug-likeness (QED) is 0.470. The summed E-state index contributed by atoms with van der Waals surface area (Å²) in [5.74, 6) is 0. The zero-order valence-corrected chi connectivity index (χ0v) is 4.01. The maximum absolute atomic E-state index is 2.18. The number of rotatable bonds is 1. The van der Waals surface area contributed by atoms with E-state index in [1.165, 1.54) is 6.42 Å². The van der Waals surface area contributed by atoms with Crippen LogP contribution in [-0.2, 0) is 0 Å². The number of hydrogen-bond acceptors (Lipinski definition) is 1. The van der Waals surface area contributed by atoms with Crippen LogP contribution in [0.15, 0.2) is 10.3 Å². The van der Waals surface area contributed by atoms with Crippen molar-refractivity contribution in [3.8, 4) is 0 Å². The lowest BCUT2D eigenvalue weighted by atomic mass is 10.5. The minimum atomic E-state index is 1.24. The summed E-state index contributed by atoms with van der Waals surface area (Å²) in [4.78, 5) is 1.55. The first kappa shape index (κ1) is 3.29. The molecule has 0 saturated heterocycles. The summed E-state index contributed by atoms with van der Waals surface area (Å²) in [7, 11) is 0. The van der Waals surface area contributed by atoms with Crippen molar-refractivity contribution in [2.75, 3.05) is 0 Å². The predicted molar refractivity (Wildman–Crippen MR) is 26.0 cm³/mol. The molecule has 0 aromatic rings. The molecule has 0 radical (unpaired) electrons. The average Bonchev–Trinajstić information content (AvgIpc) is 2.12. The molecule has 0 fully saturated rings. The van der Waals surface area contributed by atoms with Gasteiger partial charge in [0.2, 0.25) is 0 Å². The van der Waals surface area contributed by atoms with Crippen molar-refractivity contribution in [1.82, 2.24) is 0 Å². The highest BCUT2D eigenvalue weighted by Gasteiger charge is 2.01. The third-order valence-electron chi connectivity index (χ3n) is 0.633. The van der Waals surface area contributed by atoms with Gasteiger partial charge in [-0.1, -0.05) is 6.92 Å². The lowest BCUT2D eigenvalue weighted by molar-refractivity contribution is 1.22. The molecule has 1 aliphatic heterocycles. The highest BCUT2D eigenvalue weighted by Crippen LogP contribution is 2.35. The Labute approximate surface area is 36.3 Å². The molecule has 28 valence electrons. The summed E-state index contributed by atoms with van der Waals surface area (Å²) in [6, 6.07) is 0. The van der Waals surface area contributed by atoms with Crippen LogP contribution in [-0.4, -0.2) is 0 Å². The molecular formula is C4H6S.